The highest BCUT2D eigenvalue weighted by atomic mass is 16.6. The smallest absolute Gasteiger partial charge is 0.321 e. The van der Waals surface area contributed by atoms with Crippen molar-refractivity contribution < 1.29 is 14.8 Å². The van der Waals surface area contributed by atoms with Crippen LogP contribution in [0.1, 0.15) is 17.4 Å². The highest BCUT2D eigenvalue weighted by Crippen LogP contribution is 2.09. The summed E-state index contributed by atoms with van der Waals surface area (Å²) >= 11 is 0. The number of aliphatic hydroxyl groups is 1. The standard InChI is InChI=1S/C9H14N4O4/c1-5(14)6(10)4-11-9(15)7-2-3-8(12-7)13(16)17/h2-3,5-6,12,14H,4,10H2,1H3,(H,11,15). The van der Waals surface area contributed by atoms with Crippen molar-refractivity contribution in [3.05, 3.63) is 27.9 Å². The van der Waals surface area contributed by atoms with Gasteiger partial charge in [-0.3, -0.25) is 4.79 Å². The molecule has 1 aromatic heterocycles. The quantitative estimate of drug-likeness (QED) is 0.402. The Labute approximate surface area is 97.0 Å². The van der Waals surface area contributed by atoms with Crippen LogP contribution in [0.4, 0.5) is 5.82 Å². The van der Waals surface area contributed by atoms with Crippen LogP contribution in [0.5, 0.6) is 0 Å². The normalized spacial score (nSPS) is 14.1. The molecule has 1 heterocycles. The van der Waals surface area contributed by atoms with Crippen molar-refractivity contribution in [2.24, 2.45) is 5.73 Å². The summed E-state index contributed by atoms with van der Waals surface area (Å²) in [5.41, 5.74) is 5.59. The molecule has 8 nitrogen and oxygen atoms in total. The lowest BCUT2D eigenvalue weighted by atomic mass is 10.2. The minimum atomic E-state index is -0.742. The number of nitro groups is 1. The predicted octanol–water partition coefficient (Wildman–Crippen LogP) is -0.639. The third-order valence-corrected chi connectivity index (χ3v) is 2.23. The first-order chi connectivity index (χ1) is 7.91. The molecule has 1 amide bonds. The minimum absolute atomic E-state index is 0.0782. The van der Waals surface area contributed by atoms with Gasteiger partial charge in [-0.15, -0.1) is 0 Å². The largest absolute Gasteiger partial charge is 0.392 e. The number of amides is 1. The summed E-state index contributed by atoms with van der Waals surface area (Å²) in [7, 11) is 0. The number of carbonyl (C=O) groups is 1. The summed E-state index contributed by atoms with van der Waals surface area (Å²) in [5.74, 6) is -0.760. The van der Waals surface area contributed by atoms with Crippen molar-refractivity contribution in [1.82, 2.24) is 10.3 Å². The van der Waals surface area contributed by atoms with Crippen LogP contribution in [-0.4, -0.2) is 39.6 Å². The molecule has 0 saturated heterocycles. The predicted molar refractivity (Wildman–Crippen MR) is 59.4 cm³/mol. The van der Waals surface area contributed by atoms with E-state index in [9.17, 15) is 14.9 Å². The zero-order chi connectivity index (χ0) is 13.0. The first-order valence-electron chi connectivity index (χ1n) is 4.97. The first kappa shape index (κ1) is 13.1. The van der Waals surface area contributed by atoms with Gasteiger partial charge in [-0.2, -0.15) is 0 Å². The molecule has 0 fully saturated rings. The number of nitrogens with one attached hydrogen (secondary N) is 2. The molecule has 8 heteroatoms. The van der Waals surface area contributed by atoms with E-state index in [0.717, 1.165) is 0 Å². The first-order valence-corrected chi connectivity index (χ1v) is 4.97. The van der Waals surface area contributed by atoms with E-state index >= 15 is 0 Å². The van der Waals surface area contributed by atoms with Crippen LogP contribution in [0.25, 0.3) is 0 Å². The number of hydrogen-bond donors (Lipinski definition) is 4. The van der Waals surface area contributed by atoms with Crippen molar-refractivity contribution in [2.45, 2.75) is 19.1 Å². The molecule has 0 aliphatic rings. The molecule has 0 bridgehead atoms. The van der Waals surface area contributed by atoms with Gasteiger partial charge in [-0.05, 0) is 17.9 Å². The molecule has 0 saturated carbocycles. The van der Waals surface area contributed by atoms with Crippen molar-refractivity contribution >= 4 is 11.7 Å². The second-order valence-electron chi connectivity index (χ2n) is 3.63. The van der Waals surface area contributed by atoms with Gasteiger partial charge in [-0.25, -0.2) is 4.98 Å². The van der Waals surface area contributed by atoms with Gasteiger partial charge >= 0.3 is 5.82 Å². The van der Waals surface area contributed by atoms with Crippen LogP contribution in [0.3, 0.4) is 0 Å². The zero-order valence-electron chi connectivity index (χ0n) is 9.21. The number of hydrogen-bond acceptors (Lipinski definition) is 5. The maximum absolute atomic E-state index is 11.5. The summed E-state index contributed by atoms with van der Waals surface area (Å²) < 4.78 is 0. The molecular weight excluding hydrogens is 228 g/mol. The van der Waals surface area contributed by atoms with Gasteiger partial charge in [0.2, 0.25) is 0 Å². The third kappa shape index (κ3) is 3.54. The summed E-state index contributed by atoms with van der Waals surface area (Å²) in [6, 6.07) is 1.93. The number of aromatic amines is 1. The summed E-state index contributed by atoms with van der Waals surface area (Å²) in [4.78, 5) is 23.6. The Morgan fingerprint density at radius 3 is 2.82 bits per heavy atom. The average molecular weight is 242 g/mol. The van der Waals surface area contributed by atoms with Crippen molar-refractivity contribution in [1.29, 1.82) is 0 Å². The van der Waals surface area contributed by atoms with Gasteiger partial charge in [-0.1, -0.05) is 0 Å². The van der Waals surface area contributed by atoms with E-state index in [2.05, 4.69) is 10.3 Å². The number of nitrogens with two attached hydrogens (primary N) is 1. The molecule has 2 atom stereocenters. The monoisotopic (exact) mass is 242 g/mol. The molecule has 2 unspecified atom stereocenters. The minimum Gasteiger partial charge on any atom is -0.392 e. The molecule has 5 N–H and O–H groups in total. The molecular formula is C9H14N4O4. The van der Waals surface area contributed by atoms with E-state index in [1.54, 1.807) is 0 Å². The van der Waals surface area contributed by atoms with E-state index in [0.29, 0.717) is 0 Å². The molecule has 0 radical (unpaired) electrons. The number of rotatable bonds is 5. The number of carbonyl (C=O) groups excluding carboxylic acids is 1. The van der Waals surface area contributed by atoms with Crippen LogP contribution in [0.15, 0.2) is 12.1 Å². The lowest BCUT2D eigenvalue weighted by Gasteiger charge is -2.14. The SMILES string of the molecule is CC(O)C(N)CNC(=O)c1ccc([N+](=O)[O-])[nH]1. The molecule has 1 rings (SSSR count). The Balaban J connectivity index is 2.55. The highest BCUT2D eigenvalue weighted by Gasteiger charge is 2.17. The maximum Gasteiger partial charge on any atom is 0.321 e. The summed E-state index contributed by atoms with van der Waals surface area (Å²) in [5, 5.41) is 21.9. The third-order valence-electron chi connectivity index (χ3n) is 2.23. The molecule has 0 aliphatic heterocycles. The second-order valence-corrected chi connectivity index (χ2v) is 3.63. The van der Waals surface area contributed by atoms with Crippen LogP contribution in [-0.2, 0) is 0 Å². The fourth-order valence-electron chi connectivity index (χ4n) is 1.10. The van der Waals surface area contributed by atoms with Crippen LogP contribution in [0.2, 0.25) is 0 Å². The average Bonchev–Trinajstić information content (AvgIpc) is 2.74. The fourth-order valence-corrected chi connectivity index (χ4v) is 1.10. The Kier molecular flexibility index (Phi) is 4.18. The Bertz CT molecular complexity index is 415. The second kappa shape index (κ2) is 5.41. The van der Waals surface area contributed by atoms with Crippen molar-refractivity contribution in [3.8, 4) is 0 Å². The van der Waals surface area contributed by atoms with Crippen molar-refractivity contribution in [2.75, 3.05) is 6.54 Å². The van der Waals surface area contributed by atoms with Crippen molar-refractivity contribution in [3.63, 3.8) is 0 Å². The van der Waals surface area contributed by atoms with Crippen LogP contribution in [0, 0.1) is 10.1 Å². The van der Waals surface area contributed by atoms with E-state index in [-0.39, 0.29) is 18.1 Å². The lowest BCUT2D eigenvalue weighted by Crippen LogP contribution is -2.43. The van der Waals surface area contributed by atoms with Crippen LogP contribution < -0.4 is 11.1 Å². The molecule has 0 spiro atoms. The Morgan fingerprint density at radius 1 is 1.71 bits per heavy atom. The topological polar surface area (TPSA) is 134 Å². The molecule has 0 aromatic carbocycles. The number of H-pyrrole nitrogens is 1. The van der Waals surface area contributed by atoms with Gasteiger partial charge in [0, 0.05) is 18.7 Å². The van der Waals surface area contributed by atoms with E-state index in [4.69, 9.17) is 10.8 Å². The summed E-state index contributed by atoms with van der Waals surface area (Å²) in [6.07, 6.45) is -0.742. The fraction of sp³-hybridized carbons (Fsp3) is 0.444. The molecule has 1 aromatic rings. The van der Waals surface area contributed by atoms with Gasteiger partial charge < -0.3 is 26.3 Å². The lowest BCUT2D eigenvalue weighted by molar-refractivity contribution is -0.389. The number of nitrogens with zero attached hydrogens (tertiary/aromatic N) is 1. The van der Waals surface area contributed by atoms with Crippen LogP contribution >= 0.6 is 0 Å². The molecule has 17 heavy (non-hydrogen) atoms. The molecule has 0 aliphatic carbocycles. The number of aromatic nitrogens is 1. The van der Waals surface area contributed by atoms with E-state index < -0.39 is 23.0 Å². The van der Waals surface area contributed by atoms with E-state index in [1.807, 2.05) is 0 Å². The Hall–Kier alpha value is -1.93. The van der Waals surface area contributed by atoms with Gasteiger partial charge in [0.05, 0.1) is 6.10 Å². The number of aliphatic hydroxyl groups excluding tert-OH is 1. The molecule has 94 valence electrons. The van der Waals surface area contributed by atoms with Gasteiger partial charge in [0.15, 0.2) is 5.69 Å². The van der Waals surface area contributed by atoms with Gasteiger partial charge in [0.1, 0.15) is 0 Å². The zero-order valence-corrected chi connectivity index (χ0v) is 9.21. The van der Waals surface area contributed by atoms with E-state index in [1.165, 1.54) is 19.1 Å². The maximum atomic E-state index is 11.5. The highest BCUT2D eigenvalue weighted by molar-refractivity contribution is 5.92. The Morgan fingerprint density at radius 2 is 2.35 bits per heavy atom. The summed E-state index contributed by atoms with van der Waals surface area (Å²) in [6.45, 7) is 1.60. The van der Waals surface area contributed by atoms with Gasteiger partial charge in [0.25, 0.3) is 5.91 Å².